The van der Waals surface area contributed by atoms with Crippen LogP contribution in [0.4, 0.5) is 0 Å². The zero-order valence-corrected chi connectivity index (χ0v) is 12.1. The zero-order valence-electron chi connectivity index (χ0n) is 12.1. The van der Waals surface area contributed by atoms with Gasteiger partial charge in [0.15, 0.2) is 0 Å². The first-order valence-electron chi connectivity index (χ1n) is 7.49. The number of aromatic nitrogens is 1. The molecule has 2 aromatic rings. The molecule has 0 aliphatic heterocycles. The molecule has 0 fully saturated rings. The van der Waals surface area contributed by atoms with Crippen molar-refractivity contribution in [3.05, 3.63) is 41.1 Å². The third kappa shape index (κ3) is 2.69. The second-order valence-electron chi connectivity index (χ2n) is 5.41. The van der Waals surface area contributed by atoms with E-state index in [0.717, 1.165) is 31.6 Å². The molecule has 3 rings (SSSR count). The molecule has 0 spiro atoms. The highest BCUT2D eigenvalue weighted by molar-refractivity contribution is 5.83. The smallest absolute Gasteiger partial charge is 0.0708 e. The van der Waals surface area contributed by atoms with Gasteiger partial charge >= 0.3 is 0 Å². The number of benzene rings is 1. The van der Waals surface area contributed by atoms with Crippen molar-refractivity contribution in [3.8, 4) is 0 Å². The monoisotopic (exact) mass is 270 g/mol. The summed E-state index contributed by atoms with van der Waals surface area (Å²) in [6, 6.07) is 8.51. The van der Waals surface area contributed by atoms with E-state index >= 15 is 0 Å². The van der Waals surface area contributed by atoms with Crippen molar-refractivity contribution in [2.45, 2.75) is 32.2 Å². The summed E-state index contributed by atoms with van der Waals surface area (Å²) >= 11 is 0. The molecule has 3 nitrogen and oxygen atoms in total. The maximum atomic E-state index is 5.11. The summed E-state index contributed by atoms with van der Waals surface area (Å²) in [5.74, 6) is 0. The summed E-state index contributed by atoms with van der Waals surface area (Å²) < 4.78 is 5.11. The lowest BCUT2D eigenvalue weighted by Gasteiger charge is -2.21. The van der Waals surface area contributed by atoms with Crippen LogP contribution in [0, 0.1) is 0 Å². The SMILES string of the molecule is COCCNCc1c2c(nc3ccccc13)CCCC2. The minimum absolute atomic E-state index is 0.755. The zero-order chi connectivity index (χ0) is 13.8. The number of ether oxygens (including phenoxy) is 1. The van der Waals surface area contributed by atoms with E-state index in [1.165, 1.54) is 41.5 Å². The Labute approximate surface area is 120 Å². The van der Waals surface area contributed by atoms with Gasteiger partial charge in [0, 0.05) is 31.3 Å². The molecule has 0 radical (unpaired) electrons. The summed E-state index contributed by atoms with van der Waals surface area (Å²) in [6.45, 7) is 2.56. The van der Waals surface area contributed by atoms with Gasteiger partial charge in [0.1, 0.15) is 0 Å². The van der Waals surface area contributed by atoms with Crippen LogP contribution in [-0.4, -0.2) is 25.2 Å². The molecule has 1 aromatic heterocycles. The minimum Gasteiger partial charge on any atom is -0.383 e. The Hall–Kier alpha value is -1.45. The Morgan fingerprint density at radius 3 is 2.95 bits per heavy atom. The van der Waals surface area contributed by atoms with Gasteiger partial charge in [-0.3, -0.25) is 4.98 Å². The molecule has 20 heavy (non-hydrogen) atoms. The van der Waals surface area contributed by atoms with Crippen LogP contribution in [0.5, 0.6) is 0 Å². The summed E-state index contributed by atoms with van der Waals surface area (Å²) in [6.07, 6.45) is 4.87. The van der Waals surface area contributed by atoms with Gasteiger partial charge in [0.05, 0.1) is 12.1 Å². The Kier molecular flexibility index (Phi) is 4.28. The van der Waals surface area contributed by atoms with Crippen LogP contribution in [0.3, 0.4) is 0 Å². The second-order valence-corrected chi connectivity index (χ2v) is 5.41. The predicted octanol–water partition coefficient (Wildman–Crippen LogP) is 2.85. The minimum atomic E-state index is 0.755. The van der Waals surface area contributed by atoms with Gasteiger partial charge in [-0.2, -0.15) is 0 Å². The lowest BCUT2D eigenvalue weighted by atomic mass is 9.90. The van der Waals surface area contributed by atoms with Crippen LogP contribution in [0.2, 0.25) is 0 Å². The molecule has 0 bridgehead atoms. The molecule has 3 heteroatoms. The maximum Gasteiger partial charge on any atom is 0.0708 e. The number of hydrogen-bond donors (Lipinski definition) is 1. The van der Waals surface area contributed by atoms with Crippen LogP contribution in [-0.2, 0) is 24.1 Å². The fourth-order valence-electron chi connectivity index (χ4n) is 3.06. The molecule has 1 aliphatic rings. The van der Waals surface area contributed by atoms with Crippen molar-refractivity contribution in [2.75, 3.05) is 20.3 Å². The van der Waals surface area contributed by atoms with E-state index in [1.807, 2.05) is 0 Å². The highest BCUT2D eigenvalue weighted by Crippen LogP contribution is 2.29. The predicted molar refractivity (Wildman–Crippen MR) is 82.0 cm³/mol. The van der Waals surface area contributed by atoms with Crippen molar-refractivity contribution < 1.29 is 4.74 Å². The number of hydrogen-bond acceptors (Lipinski definition) is 3. The molecule has 0 saturated heterocycles. The largest absolute Gasteiger partial charge is 0.383 e. The highest BCUT2D eigenvalue weighted by atomic mass is 16.5. The molecule has 1 N–H and O–H groups in total. The van der Waals surface area contributed by atoms with Gasteiger partial charge in [0.2, 0.25) is 0 Å². The maximum absolute atomic E-state index is 5.11. The van der Waals surface area contributed by atoms with Gasteiger partial charge in [-0.1, -0.05) is 18.2 Å². The Morgan fingerprint density at radius 2 is 2.05 bits per heavy atom. The number of para-hydroxylation sites is 1. The lowest BCUT2D eigenvalue weighted by Crippen LogP contribution is -2.21. The van der Waals surface area contributed by atoms with Gasteiger partial charge in [0.25, 0.3) is 0 Å². The van der Waals surface area contributed by atoms with E-state index in [0.29, 0.717) is 0 Å². The van der Waals surface area contributed by atoms with Crippen molar-refractivity contribution in [1.82, 2.24) is 10.3 Å². The number of rotatable bonds is 5. The topological polar surface area (TPSA) is 34.1 Å². The van der Waals surface area contributed by atoms with Crippen LogP contribution >= 0.6 is 0 Å². The molecule has 0 unspecified atom stereocenters. The standard InChI is InChI=1S/C17H22N2O/c1-20-11-10-18-12-15-13-6-2-4-8-16(13)19-17-9-5-3-7-14(15)17/h2,4,6,8,18H,3,5,7,9-12H2,1H3. The Balaban J connectivity index is 1.97. The molecule has 0 saturated carbocycles. The van der Waals surface area contributed by atoms with Crippen LogP contribution in [0.1, 0.15) is 29.7 Å². The molecular weight excluding hydrogens is 248 g/mol. The molecule has 106 valence electrons. The highest BCUT2D eigenvalue weighted by Gasteiger charge is 2.17. The normalized spacial score (nSPS) is 14.4. The Bertz CT molecular complexity index is 595. The number of pyridine rings is 1. The van der Waals surface area contributed by atoms with E-state index in [2.05, 4.69) is 29.6 Å². The van der Waals surface area contributed by atoms with E-state index in [-0.39, 0.29) is 0 Å². The van der Waals surface area contributed by atoms with E-state index in [4.69, 9.17) is 9.72 Å². The number of nitrogens with one attached hydrogen (secondary N) is 1. The van der Waals surface area contributed by atoms with Gasteiger partial charge in [-0.05, 0) is 42.9 Å². The second kappa shape index (κ2) is 6.33. The third-order valence-electron chi connectivity index (χ3n) is 4.07. The lowest BCUT2D eigenvalue weighted by molar-refractivity contribution is 0.199. The Morgan fingerprint density at radius 1 is 1.20 bits per heavy atom. The molecule has 0 amide bonds. The average Bonchev–Trinajstić information content (AvgIpc) is 2.50. The fourth-order valence-corrected chi connectivity index (χ4v) is 3.06. The third-order valence-corrected chi connectivity index (χ3v) is 4.07. The van der Waals surface area contributed by atoms with Gasteiger partial charge < -0.3 is 10.1 Å². The first-order chi connectivity index (χ1) is 9.90. The van der Waals surface area contributed by atoms with E-state index in [9.17, 15) is 0 Å². The summed E-state index contributed by atoms with van der Waals surface area (Å²) in [4.78, 5) is 4.87. The number of methoxy groups -OCH3 is 1. The number of aryl methyl sites for hydroxylation is 1. The number of fused-ring (bicyclic) bond motifs is 2. The quantitative estimate of drug-likeness (QED) is 0.848. The summed E-state index contributed by atoms with van der Waals surface area (Å²) in [7, 11) is 1.74. The van der Waals surface area contributed by atoms with Crippen molar-refractivity contribution in [2.24, 2.45) is 0 Å². The average molecular weight is 270 g/mol. The van der Waals surface area contributed by atoms with Gasteiger partial charge in [-0.15, -0.1) is 0 Å². The van der Waals surface area contributed by atoms with Crippen molar-refractivity contribution >= 4 is 10.9 Å². The van der Waals surface area contributed by atoms with E-state index in [1.54, 1.807) is 7.11 Å². The molecule has 1 aromatic carbocycles. The number of nitrogens with zero attached hydrogens (tertiary/aromatic N) is 1. The van der Waals surface area contributed by atoms with Crippen molar-refractivity contribution in [3.63, 3.8) is 0 Å². The van der Waals surface area contributed by atoms with Crippen LogP contribution in [0.15, 0.2) is 24.3 Å². The van der Waals surface area contributed by atoms with Gasteiger partial charge in [-0.25, -0.2) is 0 Å². The van der Waals surface area contributed by atoms with E-state index < -0.39 is 0 Å². The molecule has 1 aliphatic carbocycles. The van der Waals surface area contributed by atoms with Crippen molar-refractivity contribution in [1.29, 1.82) is 0 Å². The molecular formula is C17H22N2O. The van der Waals surface area contributed by atoms with Crippen LogP contribution < -0.4 is 5.32 Å². The molecule has 0 atom stereocenters. The fraction of sp³-hybridized carbons (Fsp3) is 0.471. The first kappa shape index (κ1) is 13.5. The summed E-state index contributed by atoms with van der Waals surface area (Å²) in [5.41, 5.74) is 5.39. The molecule has 1 heterocycles. The van der Waals surface area contributed by atoms with Crippen LogP contribution in [0.25, 0.3) is 10.9 Å². The first-order valence-corrected chi connectivity index (χ1v) is 7.49. The summed E-state index contributed by atoms with van der Waals surface area (Å²) in [5, 5.41) is 4.80.